The van der Waals surface area contributed by atoms with Gasteiger partial charge in [0.1, 0.15) is 6.04 Å². The molecule has 3 rings (SSSR count). The average molecular weight is 314 g/mol. The standard InChI is InChI=1S/C16H18N4O3/c1-10(16(22)18-12-5-7-14(23-2)17-9-12)20-15(21)8-6-13(19-20)11-3-4-11/h5-11H,3-4H2,1-2H3,(H,18,22). The molecule has 23 heavy (non-hydrogen) atoms. The van der Waals surface area contributed by atoms with Gasteiger partial charge in [-0.2, -0.15) is 5.10 Å². The van der Waals surface area contributed by atoms with Crippen molar-refractivity contribution < 1.29 is 9.53 Å². The zero-order valence-corrected chi connectivity index (χ0v) is 13.0. The van der Waals surface area contributed by atoms with E-state index in [2.05, 4.69) is 15.4 Å². The molecule has 1 aliphatic rings. The molecule has 1 N–H and O–H groups in total. The van der Waals surface area contributed by atoms with Gasteiger partial charge in [0.15, 0.2) is 0 Å². The lowest BCUT2D eigenvalue weighted by molar-refractivity contribution is -0.119. The monoisotopic (exact) mass is 314 g/mol. The molecule has 0 aliphatic heterocycles. The van der Waals surface area contributed by atoms with Gasteiger partial charge in [-0.15, -0.1) is 0 Å². The van der Waals surface area contributed by atoms with Crippen molar-refractivity contribution in [3.63, 3.8) is 0 Å². The molecule has 1 unspecified atom stereocenters. The third kappa shape index (κ3) is 3.39. The highest BCUT2D eigenvalue weighted by Crippen LogP contribution is 2.38. The summed E-state index contributed by atoms with van der Waals surface area (Å²) in [6.45, 7) is 1.65. The van der Waals surface area contributed by atoms with Crippen LogP contribution in [0.1, 0.15) is 37.4 Å². The van der Waals surface area contributed by atoms with E-state index in [1.807, 2.05) is 0 Å². The fourth-order valence-electron chi connectivity index (χ4n) is 2.25. The maximum atomic E-state index is 12.3. The van der Waals surface area contributed by atoms with Crippen LogP contribution in [-0.4, -0.2) is 27.8 Å². The maximum Gasteiger partial charge on any atom is 0.267 e. The smallest absolute Gasteiger partial charge is 0.267 e. The van der Waals surface area contributed by atoms with Crippen LogP contribution in [-0.2, 0) is 4.79 Å². The number of rotatable bonds is 5. The van der Waals surface area contributed by atoms with Gasteiger partial charge in [0.25, 0.3) is 5.56 Å². The van der Waals surface area contributed by atoms with Gasteiger partial charge in [-0.25, -0.2) is 9.67 Å². The highest BCUT2D eigenvalue weighted by Gasteiger charge is 2.27. The molecule has 2 aromatic rings. The molecule has 1 saturated carbocycles. The summed E-state index contributed by atoms with van der Waals surface area (Å²) in [6.07, 6.45) is 3.67. The van der Waals surface area contributed by atoms with E-state index in [4.69, 9.17) is 4.74 Å². The van der Waals surface area contributed by atoms with Gasteiger partial charge in [-0.3, -0.25) is 9.59 Å². The van der Waals surface area contributed by atoms with Crippen molar-refractivity contribution >= 4 is 11.6 Å². The number of nitrogens with one attached hydrogen (secondary N) is 1. The lowest BCUT2D eigenvalue weighted by Crippen LogP contribution is -2.33. The van der Waals surface area contributed by atoms with Crippen LogP contribution in [0, 0.1) is 0 Å². The van der Waals surface area contributed by atoms with Crippen molar-refractivity contribution in [3.05, 3.63) is 46.5 Å². The summed E-state index contributed by atoms with van der Waals surface area (Å²) < 4.78 is 6.20. The number of anilines is 1. The molecule has 1 amide bonds. The van der Waals surface area contributed by atoms with Crippen molar-refractivity contribution in [3.8, 4) is 5.88 Å². The van der Waals surface area contributed by atoms with Gasteiger partial charge >= 0.3 is 0 Å². The van der Waals surface area contributed by atoms with Crippen LogP contribution in [0.4, 0.5) is 5.69 Å². The van der Waals surface area contributed by atoms with Gasteiger partial charge in [0, 0.05) is 18.1 Å². The Hall–Kier alpha value is -2.70. The average Bonchev–Trinajstić information content (AvgIpc) is 3.40. The first-order valence-electron chi connectivity index (χ1n) is 7.49. The van der Waals surface area contributed by atoms with Crippen LogP contribution in [0.25, 0.3) is 0 Å². The van der Waals surface area contributed by atoms with Crippen molar-refractivity contribution in [1.29, 1.82) is 0 Å². The summed E-state index contributed by atoms with van der Waals surface area (Å²) in [5.74, 6) is 0.563. The number of aromatic nitrogens is 3. The van der Waals surface area contributed by atoms with E-state index in [-0.39, 0.29) is 11.5 Å². The predicted octanol–water partition coefficient (Wildman–Crippen LogP) is 1.72. The minimum Gasteiger partial charge on any atom is -0.481 e. The molecule has 7 heteroatoms. The van der Waals surface area contributed by atoms with Crippen LogP contribution >= 0.6 is 0 Å². The third-order valence-corrected chi connectivity index (χ3v) is 3.80. The third-order valence-electron chi connectivity index (χ3n) is 3.80. The first kappa shape index (κ1) is 15.2. The Morgan fingerprint density at radius 3 is 2.74 bits per heavy atom. The number of nitrogens with zero attached hydrogens (tertiary/aromatic N) is 3. The van der Waals surface area contributed by atoms with E-state index in [1.165, 1.54) is 24.1 Å². The molecule has 7 nitrogen and oxygen atoms in total. The van der Waals surface area contributed by atoms with E-state index >= 15 is 0 Å². The van der Waals surface area contributed by atoms with E-state index in [0.29, 0.717) is 17.5 Å². The van der Waals surface area contributed by atoms with Crippen LogP contribution in [0.2, 0.25) is 0 Å². The minimum atomic E-state index is -0.705. The Morgan fingerprint density at radius 2 is 2.13 bits per heavy atom. The van der Waals surface area contributed by atoms with Crippen LogP contribution in [0.5, 0.6) is 5.88 Å². The normalized spacial score (nSPS) is 15.0. The van der Waals surface area contributed by atoms with E-state index in [9.17, 15) is 9.59 Å². The molecule has 2 heterocycles. The number of hydrogen-bond donors (Lipinski definition) is 1. The van der Waals surface area contributed by atoms with E-state index in [0.717, 1.165) is 18.5 Å². The number of carbonyl (C=O) groups excluding carboxylic acids is 1. The summed E-state index contributed by atoms with van der Waals surface area (Å²) in [5, 5.41) is 7.06. The zero-order chi connectivity index (χ0) is 16.4. The Bertz CT molecular complexity index is 766. The summed E-state index contributed by atoms with van der Waals surface area (Å²) >= 11 is 0. The number of amides is 1. The topological polar surface area (TPSA) is 86.1 Å². The van der Waals surface area contributed by atoms with Gasteiger partial charge in [-0.1, -0.05) is 0 Å². The van der Waals surface area contributed by atoms with Crippen LogP contribution in [0.15, 0.2) is 35.3 Å². The molecule has 0 aromatic carbocycles. The number of ether oxygens (including phenoxy) is 1. The van der Waals surface area contributed by atoms with E-state index in [1.54, 1.807) is 25.1 Å². The van der Waals surface area contributed by atoms with Gasteiger partial charge in [-0.05, 0) is 31.9 Å². The highest BCUT2D eigenvalue weighted by molar-refractivity contribution is 5.93. The van der Waals surface area contributed by atoms with Crippen LogP contribution in [0.3, 0.4) is 0 Å². The van der Waals surface area contributed by atoms with E-state index < -0.39 is 6.04 Å². The lowest BCUT2D eigenvalue weighted by Gasteiger charge is -2.14. The second-order valence-electron chi connectivity index (χ2n) is 5.57. The number of methoxy groups -OCH3 is 1. The van der Waals surface area contributed by atoms with Gasteiger partial charge < -0.3 is 10.1 Å². The number of carbonyl (C=O) groups is 1. The van der Waals surface area contributed by atoms with Crippen LogP contribution < -0.4 is 15.6 Å². The fraction of sp³-hybridized carbons (Fsp3) is 0.375. The molecule has 1 atom stereocenters. The first-order valence-corrected chi connectivity index (χ1v) is 7.49. The molecule has 0 bridgehead atoms. The fourth-order valence-corrected chi connectivity index (χ4v) is 2.25. The highest BCUT2D eigenvalue weighted by atomic mass is 16.5. The molecule has 0 spiro atoms. The number of hydrogen-bond acceptors (Lipinski definition) is 5. The summed E-state index contributed by atoms with van der Waals surface area (Å²) in [6, 6.07) is 5.85. The number of pyridine rings is 1. The first-order chi connectivity index (χ1) is 11.1. The zero-order valence-electron chi connectivity index (χ0n) is 13.0. The summed E-state index contributed by atoms with van der Waals surface area (Å²) in [4.78, 5) is 28.4. The summed E-state index contributed by atoms with van der Waals surface area (Å²) in [5.41, 5.74) is 1.12. The molecule has 2 aromatic heterocycles. The quantitative estimate of drug-likeness (QED) is 0.908. The van der Waals surface area contributed by atoms with Crippen molar-refractivity contribution in [2.75, 3.05) is 12.4 Å². The SMILES string of the molecule is COc1ccc(NC(=O)C(C)n2nc(C3CC3)ccc2=O)cn1. The maximum absolute atomic E-state index is 12.3. The molecule has 0 saturated heterocycles. The van der Waals surface area contributed by atoms with Crippen molar-refractivity contribution in [1.82, 2.24) is 14.8 Å². The Labute approximate surface area is 133 Å². The molecule has 1 fully saturated rings. The molecular weight excluding hydrogens is 296 g/mol. The lowest BCUT2D eigenvalue weighted by atomic mass is 10.2. The summed E-state index contributed by atoms with van der Waals surface area (Å²) in [7, 11) is 1.52. The minimum absolute atomic E-state index is 0.287. The molecule has 120 valence electrons. The molecule has 0 radical (unpaired) electrons. The predicted molar refractivity (Wildman–Crippen MR) is 84.6 cm³/mol. The molecular formula is C16H18N4O3. The second-order valence-corrected chi connectivity index (χ2v) is 5.57. The Morgan fingerprint density at radius 1 is 1.35 bits per heavy atom. The Balaban J connectivity index is 1.76. The van der Waals surface area contributed by atoms with Crippen molar-refractivity contribution in [2.24, 2.45) is 0 Å². The van der Waals surface area contributed by atoms with Gasteiger partial charge in [0.05, 0.1) is 24.7 Å². The van der Waals surface area contributed by atoms with Gasteiger partial charge in [0.2, 0.25) is 11.8 Å². The molecule has 1 aliphatic carbocycles. The largest absolute Gasteiger partial charge is 0.481 e. The Kier molecular flexibility index (Phi) is 4.10. The second kappa shape index (κ2) is 6.20. The van der Waals surface area contributed by atoms with Crippen molar-refractivity contribution in [2.45, 2.75) is 31.7 Å².